The minimum atomic E-state index is 0.128. The fourth-order valence-electron chi connectivity index (χ4n) is 1.92. The molecule has 22 heavy (non-hydrogen) atoms. The lowest BCUT2D eigenvalue weighted by Gasteiger charge is -2.11. The summed E-state index contributed by atoms with van der Waals surface area (Å²) in [6.45, 7) is 0.330. The molecule has 0 spiro atoms. The lowest BCUT2D eigenvalue weighted by molar-refractivity contribution is 0.562. The first kappa shape index (κ1) is 16.8. The van der Waals surface area contributed by atoms with E-state index in [9.17, 15) is 19.2 Å². The molecule has 8 nitrogen and oxygen atoms in total. The van der Waals surface area contributed by atoms with Gasteiger partial charge in [0.2, 0.25) is 24.3 Å². The molecule has 0 fully saturated rings. The molecule has 0 bridgehead atoms. The van der Waals surface area contributed by atoms with Crippen LogP contribution < -0.4 is 0 Å². The van der Waals surface area contributed by atoms with Gasteiger partial charge in [-0.2, -0.15) is 9.98 Å². The second-order valence-corrected chi connectivity index (χ2v) is 3.92. The molecule has 110 valence electrons. The van der Waals surface area contributed by atoms with Gasteiger partial charge in [-0.25, -0.2) is 29.2 Å². The molecular weight excluding hydrogens is 288 g/mol. The molecular formula is C14H10N4O4. The molecule has 0 aliphatic rings. The molecule has 0 atom stereocenters. The van der Waals surface area contributed by atoms with Crippen molar-refractivity contribution in [2.75, 3.05) is 13.1 Å². The molecule has 0 aliphatic heterocycles. The quantitative estimate of drug-likeness (QED) is 0.532. The van der Waals surface area contributed by atoms with Crippen LogP contribution in [0.15, 0.2) is 32.1 Å². The van der Waals surface area contributed by atoms with E-state index < -0.39 is 0 Å². The Morgan fingerprint density at radius 1 is 0.773 bits per heavy atom. The van der Waals surface area contributed by atoms with Crippen molar-refractivity contribution in [3.63, 3.8) is 0 Å². The zero-order valence-electron chi connectivity index (χ0n) is 11.4. The number of carbonyl (C=O) groups excluding carboxylic acids is 4. The molecule has 8 heteroatoms. The molecule has 0 aliphatic carbocycles. The fourth-order valence-corrected chi connectivity index (χ4v) is 1.92. The maximum absolute atomic E-state index is 10.6. The molecule has 0 radical (unpaired) electrons. The van der Waals surface area contributed by atoms with Crippen LogP contribution in [0.4, 0.5) is 11.4 Å². The van der Waals surface area contributed by atoms with E-state index in [0.717, 1.165) is 5.56 Å². The molecule has 0 heterocycles. The summed E-state index contributed by atoms with van der Waals surface area (Å²) in [7, 11) is 0. The van der Waals surface area contributed by atoms with E-state index in [1.165, 1.54) is 30.4 Å². The smallest absolute Gasteiger partial charge is 0.211 e. The lowest BCUT2D eigenvalue weighted by Crippen LogP contribution is -2.00. The highest BCUT2D eigenvalue weighted by Crippen LogP contribution is 2.34. The van der Waals surface area contributed by atoms with Crippen molar-refractivity contribution in [2.45, 2.75) is 12.8 Å². The van der Waals surface area contributed by atoms with Crippen LogP contribution in [0, 0.1) is 0 Å². The van der Waals surface area contributed by atoms with E-state index in [4.69, 9.17) is 0 Å². The van der Waals surface area contributed by atoms with Gasteiger partial charge in [0.1, 0.15) is 11.4 Å². The largest absolute Gasteiger partial charge is 0.240 e. The van der Waals surface area contributed by atoms with Gasteiger partial charge < -0.3 is 0 Å². The predicted molar refractivity (Wildman–Crippen MR) is 75.4 cm³/mol. The summed E-state index contributed by atoms with van der Waals surface area (Å²) in [5, 5.41) is 0. The standard InChI is InChI=1S/C14H10N4O4/c19-7-15-5-3-11-1-2-13(17-9-21)14(18-10-22)12(11)4-6-16-8-20/h1-2H,3-6H2. The van der Waals surface area contributed by atoms with Crippen molar-refractivity contribution >= 4 is 35.7 Å². The summed E-state index contributed by atoms with van der Waals surface area (Å²) in [5.74, 6) is 0. The van der Waals surface area contributed by atoms with Crippen LogP contribution in [0.25, 0.3) is 0 Å². The van der Waals surface area contributed by atoms with Gasteiger partial charge >= 0.3 is 0 Å². The van der Waals surface area contributed by atoms with Gasteiger partial charge in [0, 0.05) is 0 Å². The predicted octanol–water partition coefficient (Wildman–Crippen LogP) is 1.38. The number of aliphatic imine (C=N–C) groups is 4. The van der Waals surface area contributed by atoms with Gasteiger partial charge in [-0.15, -0.1) is 0 Å². The number of isocyanates is 4. The summed E-state index contributed by atoms with van der Waals surface area (Å²) in [4.78, 5) is 55.3. The van der Waals surface area contributed by atoms with Gasteiger partial charge in [-0.3, -0.25) is 0 Å². The maximum Gasteiger partial charge on any atom is 0.240 e. The molecule has 0 unspecified atom stereocenters. The highest BCUT2D eigenvalue weighted by atomic mass is 16.1. The highest BCUT2D eigenvalue weighted by Gasteiger charge is 2.13. The van der Waals surface area contributed by atoms with E-state index in [1.54, 1.807) is 6.07 Å². The molecule has 1 rings (SSSR count). The summed E-state index contributed by atoms with van der Waals surface area (Å²) in [5.41, 5.74) is 1.62. The van der Waals surface area contributed by atoms with Gasteiger partial charge in [0.25, 0.3) is 0 Å². The second kappa shape index (κ2) is 9.61. The average molecular weight is 298 g/mol. The highest BCUT2D eigenvalue weighted by molar-refractivity contribution is 5.73. The van der Waals surface area contributed by atoms with Crippen LogP contribution in [-0.2, 0) is 32.0 Å². The summed E-state index contributed by atoms with van der Waals surface area (Å²) < 4.78 is 0. The van der Waals surface area contributed by atoms with Crippen molar-refractivity contribution in [1.82, 2.24) is 0 Å². The molecule has 0 N–H and O–H groups in total. The van der Waals surface area contributed by atoms with Crippen molar-refractivity contribution in [1.29, 1.82) is 0 Å². The summed E-state index contributed by atoms with van der Waals surface area (Å²) >= 11 is 0. The Balaban J connectivity index is 3.38. The van der Waals surface area contributed by atoms with Gasteiger partial charge in [0.15, 0.2) is 0 Å². The monoisotopic (exact) mass is 298 g/mol. The van der Waals surface area contributed by atoms with Gasteiger partial charge in [-0.1, -0.05) is 6.07 Å². The molecule has 0 saturated carbocycles. The van der Waals surface area contributed by atoms with Crippen LogP contribution in [0.3, 0.4) is 0 Å². The Hall–Kier alpha value is -3.26. The van der Waals surface area contributed by atoms with Crippen molar-refractivity contribution in [2.24, 2.45) is 20.0 Å². The van der Waals surface area contributed by atoms with Crippen molar-refractivity contribution in [3.8, 4) is 0 Å². The molecule has 0 amide bonds. The Morgan fingerprint density at radius 2 is 1.41 bits per heavy atom. The molecule has 1 aromatic carbocycles. The lowest BCUT2D eigenvalue weighted by atomic mass is 9.98. The van der Waals surface area contributed by atoms with Crippen LogP contribution in [0.5, 0.6) is 0 Å². The zero-order valence-corrected chi connectivity index (χ0v) is 11.4. The van der Waals surface area contributed by atoms with Crippen molar-refractivity contribution in [3.05, 3.63) is 23.3 Å². The molecule has 1 aromatic rings. The zero-order chi connectivity index (χ0) is 16.2. The van der Waals surface area contributed by atoms with E-state index in [-0.39, 0.29) is 30.9 Å². The summed E-state index contributed by atoms with van der Waals surface area (Å²) in [6, 6.07) is 3.16. The van der Waals surface area contributed by atoms with Crippen LogP contribution in [-0.4, -0.2) is 37.4 Å². The normalized spacial score (nSPS) is 8.73. The number of nitrogens with zero attached hydrogens (tertiary/aromatic N) is 4. The topological polar surface area (TPSA) is 118 Å². The minimum absolute atomic E-state index is 0.128. The van der Waals surface area contributed by atoms with Crippen LogP contribution in [0.1, 0.15) is 11.1 Å². The molecule has 0 saturated heterocycles. The third-order valence-electron chi connectivity index (χ3n) is 2.78. The Kier molecular flexibility index (Phi) is 7.34. The number of benzene rings is 1. The number of rotatable bonds is 8. The SMILES string of the molecule is O=C=NCCc1ccc(N=C=O)c(N=C=O)c1CCN=C=O. The Morgan fingerprint density at radius 3 is 2.00 bits per heavy atom. The minimum Gasteiger partial charge on any atom is -0.211 e. The van der Waals surface area contributed by atoms with Crippen LogP contribution in [0.2, 0.25) is 0 Å². The van der Waals surface area contributed by atoms with E-state index in [2.05, 4.69) is 20.0 Å². The molecule has 0 aromatic heterocycles. The first-order valence-electron chi connectivity index (χ1n) is 6.16. The Bertz CT molecular complexity index is 733. The number of hydrogen-bond acceptors (Lipinski definition) is 8. The van der Waals surface area contributed by atoms with E-state index in [1.807, 2.05) is 0 Å². The number of hydrogen-bond donors (Lipinski definition) is 0. The van der Waals surface area contributed by atoms with E-state index in [0.29, 0.717) is 12.0 Å². The third kappa shape index (κ3) is 4.69. The maximum atomic E-state index is 10.6. The second-order valence-electron chi connectivity index (χ2n) is 3.92. The van der Waals surface area contributed by atoms with Crippen molar-refractivity contribution < 1.29 is 19.2 Å². The summed E-state index contributed by atoms with van der Waals surface area (Å²) in [6.07, 6.45) is 6.29. The first-order valence-corrected chi connectivity index (χ1v) is 6.16. The first-order chi connectivity index (χ1) is 10.8. The van der Waals surface area contributed by atoms with Gasteiger partial charge in [-0.05, 0) is 30.0 Å². The Labute approximate surface area is 125 Å². The van der Waals surface area contributed by atoms with Crippen LogP contribution >= 0.6 is 0 Å². The average Bonchev–Trinajstić information content (AvgIpc) is 2.52. The third-order valence-corrected chi connectivity index (χ3v) is 2.78. The van der Waals surface area contributed by atoms with Gasteiger partial charge in [0.05, 0.1) is 13.1 Å². The van der Waals surface area contributed by atoms with E-state index >= 15 is 0 Å². The fraction of sp³-hybridized carbons (Fsp3) is 0.286.